The van der Waals surface area contributed by atoms with E-state index in [0.29, 0.717) is 24.4 Å². The van der Waals surface area contributed by atoms with Gasteiger partial charge in [-0.25, -0.2) is 0 Å². The van der Waals surface area contributed by atoms with Crippen LogP contribution in [0.25, 0.3) is 0 Å². The van der Waals surface area contributed by atoms with E-state index >= 15 is 0 Å². The summed E-state index contributed by atoms with van der Waals surface area (Å²) in [5.41, 5.74) is -2.05. The number of carbonyl (C=O) groups is 1. The van der Waals surface area contributed by atoms with Crippen molar-refractivity contribution in [1.82, 2.24) is 30.1 Å². The number of nitrogens with zero attached hydrogens (tertiary/aromatic N) is 7. The van der Waals surface area contributed by atoms with Gasteiger partial charge in [-0.1, -0.05) is 23.8 Å². The molecule has 9 nitrogen and oxygen atoms in total. The fourth-order valence-electron chi connectivity index (χ4n) is 4.19. The number of anilines is 1. The average Bonchev–Trinajstić information content (AvgIpc) is 3.47. The maximum Gasteiger partial charge on any atom is 0.445 e. The van der Waals surface area contributed by atoms with E-state index in [0.717, 1.165) is 32.1 Å². The van der Waals surface area contributed by atoms with Gasteiger partial charge in [-0.2, -0.15) is 28.2 Å². The van der Waals surface area contributed by atoms with Crippen molar-refractivity contribution in [3.8, 4) is 0 Å². The van der Waals surface area contributed by atoms with E-state index in [-0.39, 0.29) is 11.2 Å². The number of aromatic nitrogens is 5. The molecular formula is C19H23F3N8OS. The van der Waals surface area contributed by atoms with Crippen LogP contribution in [-0.4, -0.2) is 73.8 Å². The van der Waals surface area contributed by atoms with Crippen LogP contribution in [0.2, 0.25) is 0 Å². The summed E-state index contributed by atoms with van der Waals surface area (Å²) in [5, 5.41) is 17.4. The minimum atomic E-state index is -4.51. The largest absolute Gasteiger partial charge is 0.445 e. The number of hydrogen-bond acceptors (Lipinski definition) is 9. The second-order valence-corrected chi connectivity index (χ2v) is 9.03. The van der Waals surface area contributed by atoms with Crippen LogP contribution in [0.4, 0.5) is 18.3 Å². The third-order valence-corrected chi connectivity index (χ3v) is 6.99. The van der Waals surface area contributed by atoms with Gasteiger partial charge in [-0.15, -0.1) is 10.2 Å². The van der Waals surface area contributed by atoms with Crippen LogP contribution < -0.4 is 5.32 Å². The first kappa shape index (κ1) is 22.5. The molecule has 0 saturated carbocycles. The molecule has 0 radical (unpaired) electrons. The van der Waals surface area contributed by atoms with Crippen LogP contribution in [0.3, 0.4) is 0 Å². The number of allylic oxidation sites excluding steroid dienone is 1. The second kappa shape index (κ2) is 8.70. The molecule has 1 fully saturated rings. The Morgan fingerprint density at radius 2 is 2.06 bits per heavy atom. The second-order valence-electron chi connectivity index (χ2n) is 8.06. The van der Waals surface area contributed by atoms with E-state index in [1.807, 2.05) is 13.0 Å². The van der Waals surface area contributed by atoms with Gasteiger partial charge in [-0.05, 0) is 32.4 Å². The molecule has 0 spiro atoms. The Labute approximate surface area is 186 Å². The number of carbonyl (C=O) groups excluding carboxylic acids is 1. The highest BCUT2D eigenvalue weighted by Gasteiger charge is 2.52. The van der Waals surface area contributed by atoms with Gasteiger partial charge >= 0.3 is 6.18 Å². The third-order valence-electron chi connectivity index (χ3n) is 6.07. The van der Waals surface area contributed by atoms with Crippen LogP contribution in [0.1, 0.15) is 31.2 Å². The summed E-state index contributed by atoms with van der Waals surface area (Å²) in [6.45, 7) is 3.32. The topological polar surface area (TPSA) is 101 Å². The molecule has 1 saturated heterocycles. The number of dihydropyridines is 1. The molecule has 2 aromatic rings. The highest BCUT2D eigenvalue weighted by Crippen LogP contribution is 2.37. The highest BCUT2D eigenvalue weighted by atomic mass is 32.1. The third kappa shape index (κ3) is 4.18. The molecule has 4 rings (SSSR count). The first-order valence-corrected chi connectivity index (χ1v) is 11.0. The van der Waals surface area contributed by atoms with Gasteiger partial charge in [0, 0.05) is 25.3 Å². The number of hydrogen-bond donors (Lipinski definition) is 1. The zero-order valence-corrected chi connectivity index (χ0v) is 18.2. The van der Waals surface area contributed by atoms with Gasteiger partial charge in [0.05, 0.1) is 12.4 Å². The number of nitrogens with one attached hydrogen (secondary N) is 1. The smallest absolute Gasteiger partial charge is 0.359 e. The summed E-state index contributed by atoms with van der Waals surface area (Å²) in [6, 6.07) is -0.00486. The van der Waals surface area contributed by atoms with E-state index in [1.165, 1.54) is 4.80 Å². The first-order valence-electron chi connectivity index (χ1n) is 10.2. The summed E-state index contributed by atoms with van der Waals surface area (Å²) in [5.74, 6) is 0. The Kier molecular flexibility index (Phi) is 6.12. The standard InChI is InChI=1S/C19H23F3N8OS/c1-17(30-25-8-9-26-30)6-4-7-24-18(17,13-31)12-29-10-3-2-5-14(29)11-23-16-28-27-15(32-16)19(20,21)22/h4,6-9,13-14H,2-3,5,10-12H2,1H3,(H,23,28)/t14?,17-,18-/m1/s1. The van der Waals surface area contributed by atoms with Crippen molar-refractivity contribution in [3.05, 3.63) is 29.6 Å². The molecule has 13 heteroatoms. The van der Waals surface area contributed by atoms with Gasteiger partial charge in [0.25, 0.3) is 0 Å². The minimum Gasteiger partial charge on any atom is -0.359 e. The van der Waals surface area contributed by atoms with Crippen LogP contribution in [0.15, 0.2) is 29.5 Å². The summed E-state index contributed by atoms with van der Waals surface area (Å²) in [4.78, 5) is 20.7. The fraction of sp³-hybridized carbons (Fsp3) is 0.579. The molecule has 32 heavy (non-hydrogen) atoms. The van der Waals surface area contributed by atoms with Crippen molar-refractivity contribution in [1.29, 1.82) is 0 Å². The van der Waals surface area contributed by atoms with Crippen molar-refractivity contribution in [3.63, 3.8) is 0 Å². The summed E-state index contributed by atoms with van der Waals surface area (Å²) in [6.07, 6.45) is 7.47. The number of likely N-dealkylation sites (tertiary alicyclic amines) is 1. The molecule has 1 unspecified atom stereocenters. The number of piperidine rings is 1. The number of halogens is 3. The van der Waals surface area contributed by atoms with Crippen LogP contribution >= 0.6 is 11.3 Å². The minimum absolute atomic E-state index is 0.00486. The molecule has 0 aromatic carbocycles. The monoisotopic (exact) mass is 468 g/mol. The Morgan fingerprint density at radius 1 is 1.28 bits per heavy atom. The predicted molar refractivity (Wildman–Crippen MR) is 113 cm³/mol. The summed E-state index contributed by atoms with van der Waals surface area (Å²) in [7, 11) is 0. The molecule has 2 aliphatic heterocycles. The average molecular weight is 469 g/mol. The van der Waals surface area contributed by atoms with Gasteiger partial charge in [0.2, 0.25) is 10.1 Å². The van der Waals surface area contributed by atoms with Crippen molar-refractivity contribution >= 4 is 29.0 Å². The Balaban J connectivity index is 1.52. The quantitative estimate of drug-likeness (QED) is 0.623. The molecule has 4 heterocycles. The van der Waals surface area contributed by atoms with Crippen molar-refractivity contribution in [2.24, 2.45) is 4.99 Å². The SMILES string of the molecule is C[C@@]1(n2nccn2)C=CC=N[C@@]1(C=O)CN1CCCCC1CNc1nnc(C(F)(F)F)s1. The van der Waals surface area contributed by atoms with Crippen molar-refractivity contribution in [2.45, 2.75) is 49.5 Å². The summed E-state index contributed by atoms with van der Waals surface area (Å²) >= 11 is 0.482. The molecule has 0 bridgehead atoms. The van der Waals surface area contributed by atoms with Crippen LogP contribution in [0.5, 0.6) is 0 Å². The molecule has 172 valence electrons. The molecular weight excluding hydrogens is 445 g/mol. The molecule has 3 atom stereocenters. The lowest BCUT2D eigenvalue weighted by Gasteiger charge is -2.46. The van der Waals surface area contributed by atoms with Crippen LogP contribution in [-0.2, 0) is 16.5 Å². The van der Waals surface area contributed by atoms with Crippen molar-refractivity contribution < 1.29 is 18.0 Å². The highest BCUT2D eigenvalue weighted by molar-refractivity contribution is 7.15. The number of rotatable bonds is 7. The maximum absolute atomic E-state index is 12.8. The van der Waals surface area contributed by atoms with Gasteiger partial charge in [0.15, 0.2) is 11.8 Å². The molecule has 1 N–H and O–H groups in total. The molecule has 2 aromatic heterocycles. The van der Waals surface area contributed by atoms with Gasteiger partial charge < -0.3 is 10.1 Å². The zero-order valence-electron chi connectivity index (χ0n) is 17.4. The molecule has 0 amide bonds. The van der Waals surface area contributed by atoms with E-state index in [1.54, 1.807) is 24.7 Å². The Hall–Kier alpha value is -2.67. The lowest BCUT2D eigenvalue weighted by molar-refractivity contribution is -0.138. The van der Waals surface area contributed by atoms with E-state index in [4.69, 9.17) is 0 Å². The lowest BCUT2D eigenvalue weighted by Crippen LogP contribution is -2.62. The molecule has 0 aliphatic carbocycles. The lowest BCUT2D eigenvalue weighted by atomic mass is 9.77. The van der Waals surface area contributed by atoms with Gasteiger partial charge in [0.1, 0.15) is 5.54 Å². The van der Waals surface area contributed by atoms with E-state index in [9.17, 15) is 18.0 Å². The predicted octanol–water partition coefficient (Wildman–Crippen LogP) is 2.41. The Bertz CT molecular complexity index is 991. The maximum atomic E-state index is 12.8. The van der Waals surface area contributed by atoms with Crippen molar-refractivity contribution in [2.75, 3.05) is 25.0 Å². The van der Waals surface area contributed by atoms with Crippen LogP contribution in [0, 0.1) is 0 Å². The normalized spacial score (nSPS) is 28.7. The van der Waals surface area contributed by atoms with E-state index < -0.39 is 22.3 Å². The number of aliphatic imine (C=N–C) groups is 1. The summed E-state index contributed by atoms with van der Waals surface area (Å²) < 4.78 is 38.4. The number of aldehydes is 1. The van der Waals surface area contributed by atoms with E-state index in [2.05, 4.69) is 35.6 Å². The van der Waals surface area contributed by atoms with Gasteiger partial charge in [-0.3, -0.25) is 9.89 Å². The number of alkyl halides is 3. The Morgan fingerprint density at radius 3 is 2.75 bits per heavy atom. The first-order chi connectivity index (χ1) is 15.3. The zero-order chi connectivity index (χ0) is 22.8. The molecule has 2 aliphatic rings. The fourth-order valence-corrected chi connectivity index (χ4v) is 4.81.